The maximum Gasteiger partial charge on any atom is 0.263 e. The molecule has 1 amide bonds. The number of carbonyl (C=O) groups excluding carboxylic acids is 2. The van der Waals surface area contributed by atoms with Gasteiger partial charge in [-0.2, -0.15) is 0 Å². The topological polar surface area (TPSA) is 72.0 Å². The summed E-state index contributed by atoms with van der Waals surface area (Å²) in [5, 5.41) is 3.21. The molecule has 2 atom stereocenters. The number of carbonyl (C=O) groups is 2. The number of fused-ring (bicyclic) bond motifs is 1. The molecular weight excluding hydrogens is 368 g/mol. The molecule has 0 radical (unpaired) electrons. The van der Waals surface area contributed by atoms with E-state index in [0.717, 1.165) is 0 Å². The summed E-state index contributed by atoms with van der Waals surface area (Å²) in [5.41, 5.74) is -1.96. The highest BCUT2D eigenvalue weighted by Gasteiger charge is 2.47. The number of nitrogens with zero attached hydrogens (tertiary/aromatic N) is 2. The van der Waals surface area contributed by atoms with E-state index < -0.39 is 17.6 Å². The minimum Gasteiger partial charge on any atom is -0.345 e. The van der Waals surface area contributed by atoms with Crippen molar-refractivity contribution in [2.75, 3.05) is 0 Å². The second-order valence-electron chi connectivity index (χ2n) is 5.84. The van der Waals surface area contributed by atoms with Crippen LogP contribution in [0.25, 0.3) is 0 Å². The van der Waals surface area contributed by atoms with Crippen molar-refractivity contribution >= 4 is 34.9 Å². The van der Waals surface area contributed by atoms with Crippen molar-refractivity contribution in [1.29, 1.82) is 0 Å². The fraction of sp³-hybridized carbons (Fsp3) is 0.294. The van der Waals surface area contributed by atoms with Gasteiger partial charge in [-0.3, -0.25) is 19.6 Å². The Bertz CT molecular complexity index is 862. The van der Waals surface area contributed by atoms with Crippen molar-refractivity contribution < 1.29 is 14.0 Å². The number of aromatic nitrogens is 2. The van der Waals surface area contributed by atoms with Crippen LogP contribution in [0.2, 0.25) is 10.0 Å². The predicted octanol–water partition coefficient (Wildman–Crippen LogP) is 3.80. The first kappa shape index (κ1) is 17.8. The highest BCUT2D eigenvalue weighted by molar-refractivity contribution is 6.34. The number of Topliss-reactive ketones (excluding diaryl/α,β-unsaturated/α-hetero) is 1. The van der Waals surface area contributed by atoms with Crippen LogP contribution in [0, 0.1) is 0 Å². The Morgan fingerprint density at radius 3 is 2.88 bits per heavy atom. The average Bonchev–Trinajstić information content (AvgIpc) is 2.58. The van der Waals surface area contributed by atoms with Crippen LogP contribution in [0.15, 0.2) is 30.6 Å². The van der Waals surface area contributed by atoms with Crippen molar-refractivity contribution in [3.8, 4) is 0 Å². The fourth-order valence-electron chi connectivity index (χ4n) is 2.85. The van der Waals surface area contributed by atoms with E-state index >= 15 is 4.39 Å². The third-order valence-electron chi connectivity index (χ3n) is 4.15. The highest BCUT2D eigenvalue weighted by Crippen LogP contribution is 2.38. The van der Waals surface area contributed by atoms with Crippen molar-refractivity contribution in [2.45, 2.75) is 31.5 Å². The summed E-state index contributed by atoms with van der Waals surface area (Å²) in [6, 6.07) is 3.78. The molecule has 5 nitrogen and oxygen atoms in total. The zero-order valence-electron chi connectivity index (χ0n) is 13.2. The first-order valence-corrected chi connectivity index (χ1v) is 8.38. The Labute approximate surface area is 153 Å². The normalized spacial score (nSPS) is 20.7. The monoisotopic (exact) mass is 381 g/mol. The molecule has 0 fully saturated rings. The molecule has 8 heteroatoms. The number of nitrogens with one attached hydrogen (secondary N) is 1. The van der Waals surface area contributed by atoms with Crippen LogP contribution >= 0.6 is 23.2 Å². The van der Waals surface area contributed by atoms with Gasteiger partial charge in [-0.1, -0.05) is 29.3 Å². The van der Waals surface area contributed by atoms with Crippen LogP contribution < -0.4 is 5.32 Å². The summed E-state index contributed by atoms with van der Waals surface area (Å²) in [7, 11) is 0. The smallest absolute Gasteiger partial charge is 0.263 e. The van der Waals surface area contributed by atoms with Gasteiger partial charge in [0.15, 0.2) is 5.78 Å². The molecule has 0 unspecified atom stereocenters. The summed E-state index contributed by atoms with van der Waals surface area (Å²) < 4.78 is 15.5. The van der Waals surface area contributed by atoms with E-state index in [-0.39, 0.29) is 34.9 Å². The summed E-state index contributed by atoms with van der Waals surface area (Å²) >= 11 is 11.9. The SMILES string of the molecule is C[C@H](NC(=O)[C@]1(F)CCC(=O)c2ncccc21)c1ncc(Cl)cc1Cl. The zero-order valence-corrected chi connectivity index (χ0v) is 14.7. The summed E-state index contributed by atoms with van der Waals surface area (Å²) in [5.74, 6) is -1.12. The number of hydrogen-bond donors (Lipinski definition) is 1. The van der Waals surface area contributed by atoms with E-state index in [1.807, 2.05) is 0 Å². The Hall–Kier alpha value is -2.05. The molecule has 3 rings (SSSR count). The fourth-order valence-corrected chi connectivity index (χ4v) is 3.39. The molecule has 25 heavy (non-hydrogen) atoms. The number of amides is 1. The van der Waals surface area contributed by atoms with Crippen molar-refractivity contribution in [3.63, 3.8) is 0 Å². The summed E-state index contributed by atoms with van der Waals surface area (Å²) in [6.45, 7) is 1.64. The maximum absolute atomic E-state index is 15.5. The van der Waals surface area contributed by atoms with Crippen LogP contribution in [-0.4, -0.2) is 21.7 Å². The molecule has 2 aromatic heterocycles. The zero-order chi connectivity index (χ0) is 18.2. The lowest BCUT2D eigenvalue weighted by atomic mass is 9.81. The van der Waals surface area contributed by atoms with Crippen LogP contribution in [0.5, 0.6) is 0 Å². The predicted molar refractivity (Wildman–Crippen MR) is 91.4 cm³/mol. The molecule has 0 saturated carbocycles. The molecule has 1 aliphatic carbocycles. The van der Waals surface area contributed by atoms with Crippen LogP contribution in [0.3, 0.4) is 0 Å². The molecule has 2 heterocycles. The van der Waals surface area contributed by atoms with E-state index in [0.29, 0.717) is 10.7 Å². The van der Waals surface area contributed by atoms with Gasteiger partial charge in [-0.05, 0) is 19.1 Å². The molecule has 0 spiro atoms. The number of ketones is 1. The van der Waals surface area contributed by atoms with Crippen molar-refractivity contribution in [1.82, 2.24) is 15.3 Å². The minimum absolute atomic E-state index is 0.00158. The van der Waals surface area contributed by atoms with Gasteiger partial charge in [0.05, 0.1) is 21.8 Å². The van der Waals surface area contributed by atoms with E-state index in [1.165, 1.54) is 30.6 Å². The lowest BCUT2D eigenvalue weighted by Crippen LogP contribution is -2.45. The van der Waals surface area contributed by atoms with Gasteiger partial charge in [0.25, 0.3) is 5.91 Å². The van der Waals surface area contributed by atoms with Crippen LogP contribution in [0.4, 0.5) is 4.39 Å². The second kappa shape index (κ2) is 6.69. The average molecular weight is 382 g/mol. The standard InChI is InChI=1S/C17H14Cl2FN3O2/c1-9(14-12(19)7-10(18)8-22-14)23-16(25)17(20)5-4-13(24)15-11(17)3-2-6-21-15/h2-3,6-9H,4-5H2,1H3,(H,23,25)/t9-,17-/m0/s1. The van der Waals surface area contributed by atoms with Gasteiger partial charge in [-0.25, -0.2) is 4.39 Å². The number of hydrogen-bond acceptors (Lipinski definition) is 4. The minimum atomic E-state index is -2.33. The van der Waals surface area contributed by atoms with Crippen LogP contribution in [-0.2, 0) is 10.5 Å². The Kier molecular flexibility index (Phi) is 4.75. The van der Waals surface area contributed by atoms with Gasteiger partial charge in [0.2, 0.25) is 5.67 Å². The first-order chi connectivity index (χ1) is 11.8. The Balaban J connectivity index is 1.88. The summed E-state index contributed by atoms with van der Waals surface area (Å²) in [6.07, 6.45) is 2.49. The molecule has 0 saturated heterocycles. The van der Waals surface area contributed by atoms with E-state index in [4.69, 9.17) is 23.2 Å². The number of rotatable bonds is 3. The third-order valence-corrected chi connectivity index (χ3v) is 4.66. The summed E-state index contributed by atoms with van der Waals surface area (Å²) in [4.78, 5) is 32.6. The molecule has 0 aliphatic heterocycles. The lowest BCUT2D eigenvalue weighted by molar-refractivity contribution is -0.135. The molecule has 1 aliphatic rings. The molecule has 130 valence electrons. The first-order valence-electron chi connectivity index (χ1n) is 7.62. The van der Waals surface area contributed by atoms with Gasteiger partial charge in [-0.15, -0.1) is 0 Å². The van der Waals surface area contributed by atoms with E-state index in [9.17, 15) is 9.59 Å². The van der Waals surface area contributed by atoms with Gasteiger partial charge >= 0.3 is 0 Å². The molecule has 0 aromatic carbocycles. The van der Waals surface area contributed by atoms with Crippen LogP contribution in [0.1, 0.15) is 47.6 Å². The molecule has 2 aromatic rings. The van der Waals surface area contributed by atoms with Gasteiger partial charge < -0.3 is 5.32 Å². The van der Waals surface area contributed by atoms with Crippen molar-refractivity contribution in [2.24, 2.45) is 0 Å². The molecular formula is C17H14Cl2FN3O2. The quantitative estimate of drug-likeness (QED) is 0.877. The Morgan fingerprint density at radius 2 is 2.16 bits per heavy atom. The Morgan fingerprint density at radius 1 is 1.40 bits per heavy atom. The molecule has 0 bridgehead atoms. The molecule has 1 N–H and O–H groups in total. The van der Waals surface area contributed by atoms with Gasteiger partial charge in [0, 0.05) is 30.8 Å². The van der Waals surface area contributed by atoms with Gasteiger partial charge in [0.1, 0.15) is 5.69 Å². The highest BCUT2D eigenvalue weighted by atomic mass is 35.5. The second-order valence-corrected chi connectivity index (χ2v) is 6.68. The number of halogens is 3. The van der Waals surface area contributed by atoms with Crippen molar-refractivity contribution in [3.05, 3.63) is 57.6 Å². The van der Waals surface area contributed by atoms with E-state index in [1.54, 1.807) is 6.92 Å². The largest absolute Gasteiger partial charge is 0.345 e. The maximum atomic E-state index is 15.5. The number of pyridine rings is 2. The number of alkyl halides is 1. The third kappa shape index (κ3) is 3.24. The van der Waals surface area contributed by atoms with E-state index in [2.05, 4.69) is 15.3 Å². The lowest BCUT2D eigenvalue weighted by Gasteiger charge is -2.30.